The van der Waals surface area contributed by atoms with Crippen molar-refractivity contribution in [2.75, 3.05) is 25.5 Å². The number of anilines is 1. The smallest absolute Gasteiger partial charge is 0.349 e. The van der Waals surface area contributed by atoms with Crippen LogP contribution in [0.4, 0.5) is 10.5 Å². The minimum Gasteiger partial charge on any atom is -0.363 e. The second kappa shape index (κ2) is 6.46. The fourth-order valence-electron chi connectivity index (χ4n) is 2.12. The van der Waals surface area contributed by atoms with Crippen molar-refractivity contribution in [3.63, 3.8) is 0 Å². The summed E-state index contributed by atoms with van der Waals surface area (Å²) in [6, 6.07) is 4.68. The predicted octanol–water partition coefficient (Wildman–Crippen LogP) is 4.06. The first-order valence-electron chi connectivity index (χ1n) is 6.50. The van der Waals surface area contributed by atoms with Gasteiger partial charge in [0.2, 0.25) is 0 Å². The fraction of sp³-hybridized carbons (Fsp3) is 0.429. The van der Waals surface area contributed by atoms with Crippen LogP contribution in [0.3, 0.4) is 0 Å². The average molecular weight is 314 g/mol. The number of rotatable bonds is 1. The Labute approximate surface area is 129 Å². The molecule has 4 nitrogen and oxygen atoms in total. The summed E-state index contributed by atoms with van der Waals surface area (Å²) in [7, 11) is 3.60. The van der Waals surface area contributed by atoms with Gasteiger partial charge in [0.05, 0.1) is 10.7 Å². The van der Waals surface area contributed by atoms with E-state index in [0.29, 0.717) is 15.7 Å². The molecule has 20 heavy (non-hydrogen) atoms. The number of amidine groups is 1. The van der Waals surface area contributed by atoms with Crippen LogP contribution in [0.25, 0.3) is 0 Å². The Balaban J connectivity index is 2.20. The lowest BCUT2D eigenvalue weighted by Crippen LogP contribution is -2.34. The maximum absolute atomic E-state index is 12.2. The first kappa shape index (κ1) is 15.1. The molecule has 6 heteroatoms. The van der Waals surface area contributed by atoms with E-state index in [1.54, 1.807) is 25.2 Å². The Morgan fingerprint density at radius 1 is 1.35 bits per heavy atom. The Morgan fingerprint density at radius 3 is 2.80 bits per heavy atom. The van der Waals surface area contributed by atoms with Crippen LogP contribution in [0.1, 0.15) is 19.3 Å². The largest absolute Gasteiger partial charge is 0.363 e. The van der Waals surface area contributed by atoms with Crippen LogP contribution in [0.2, 0.25) is 10.0 Å². The molecule has 1 saturated heterocycles. The van der Waals surface area contributed by atoms with Gasteiger partial charge in [-0.25, -0.2) is 4.79 Å². The third-order valence-electron chi connectivity index (χ3n) is 3.37. The fourth-order valence-corrected chi connectivity index (χ4v) is 2.54. The molecule has 108 valence electrons. The zero-order valence-corrected chi connectivity index (χ0v) is 13.1. The quantitative estimate of drug-likeness (QED) is 0.783. The van der Waals surface area contributed by atoms with E-state index in [0.717, 1.165) is 31.6 Å². The van der Waals surface area contributed by atoms with Gasteiger partial charge in [-0.15, -0.1) is 0 Å². The van der Waals surface area contributed by atoms with Crippen LogP contribution in [-0.2, 0) is 0 Å². The summed E-state index contributed by atoms with van der Waals surface area (Å²) >= 11 is 12.0. The summed E-state index contributed by atoms with van der Waals surface area (Å²) in [6.45, 7) is 0.938. The van der Waals surface area contributed by atoms with Gasteiger partial charge >= 0.3 is 6.03 Å². The average Bonchev–Trinajstić information content (AvgIpc) is 2.43. The van der Waals surface area contributed by atoms with Crippen LogP contribution >= 0.6 is 23.2 Å². The summed E-state index contributed by atoms with van der Waals surface area (Å²) in [4.78, 5) is 19.9. The van der Waals surface area contributed by atoms with E-state index < -0.39 is 0 Å². The topological polar surface area (TPSA) is 35.9 Å². The molecular formula is C14H17Cl2N3O. The SMILES string of the molecule is CN1CCCC/C1=N/C(=O)N(C)c1cc(Cl)ccc1Cl. The lowest BCUT2D eigenvalue weighted by molar-refractivity contribution is 0.254. The summed E-state index contributed by atoms with van der Waals surface area (Å²) in [5.41, 5.74) is 0.562. The lowest BCUT2D eigenvalue weighted by atomic mass is 10.1. The van der Waals surface area contributed by atoms with Crippen LogP contribution in [0, 0.1) is 0 Å². The van der Waals surface area contributed by atoms with Gasteiger partial charge in [-0.3, -0.25) is 4.90 Å². The molecule has 2 amide bonds. The Morgan fingerprint density at radius 2 is 2.10 bits per heavy atom. The Bertz CT molecular complexity index is 545. The highest BCUT2D eigenvalue weighted by Crippen LogP contribution is 2.28. The number of carbonyl (C=O) groups excluding carboxylic acids is 1. The molecule has 1 fully saturated rings. The Hall–Kier alpha value is -1.26. The van der Waals surface area contributed by atoms with Crippen LogP contribution in [0.5, 0.6) is 0 Å². The molecule has 0 unspecified atom stereocenters. The third kappa shape index (κ3) is 3.44. The number of likely N-dealkylation sites (tertiary alicyclic amines) is 1. The maximum Gasteiger partial charge on any atom is 0.349 e. The summed E-state index contributed by atoms with van der Waals surface area (Å²) in [5.74, 6) is 0.825. The van der Waals surface area contributed by atoms with Crippen molar-refractivity contribution in [3.8, 4) is 0 Å². The predicted molar refractivity (Wildman–Crippen MR) is 84.2 cm³/mol. The van der Waals surface area contributed by atoms with E-state index >= 15 is 0 Å². The van der Waals surface area contributed by atoms with Gasteiger partial charge in [0.25, 0.3) is 0 Å². The number of hydrogen-bond acceptors (Lipinski definition) is 1. The van der Waals surface area contributed by atoms with Gasteiger partial charge in [0.15, 0.2) is 0 Å². The minimum atomic E-state index is -0.335. The van der Waals surface area contributed by atoms with Crippen LogP contribution in [0.15, 0.2) is 23.2 Å². The van der Waals surface area contributed by atoms with E-state index in [-0.39, 0.29) is 6.03 Å². The normalized spacial score (nSPS) is 17.4. The molecule has 1 aliphatic rings. The number of carbonyl (C=O) groups is 1. The molecule has 1 heterocycles. The third-order valence-corrected chi connectivity index (χ3v) is 3.92. The van der Waals surface area contributed by atoms with Crippen molar-refractivity contribution >= 4 is 40.8 Å². The highest BCUT2D eigenvalue weighted by molar-refractivity contribution is 6.35. The van der Waals surface area contributed by atoms with Gasteiger partial charge < -0.3 is 4.90 Å². The number of amides is 2. The van der Waals surface area contributed by atoms with Crippen LogP contribution in [-0.4, -0.2) is 37.4 Å². The lowest BCUT2D eigenvalue weighted by Gasteiger charge is -2.26. The summed E-state index contributed by atoms with van der Waals surface area (Å²) in [5, 5.41) is 1.01. The molecule has 0 aromatic heterocycles. The van der Waals surface area contributed by atoms with Crippen molar-refractivity contribution < 1.29 is 4.79 Å². The molecule has 1 aromatic carbocycles. The molecular weight excluding hydrogens is 297 g/mol. The van der Waals surface area contributed by atoms with Gasteiger partial charge in [-0.2, -0.15) is 4.99 Å². The van der Waals surface area contributed by atoms with E-state index in [1.807, 2.05) is 11.9 Å². The molecule has 2 rings (SSSR count). The first-order valence-corrected chi connectivity index (χ1v) is 7.26. The molecule has 1 aromatic rings. The zero-order valence-electron chi connectivity index (χ0n) is 11.6. The van der Waals surface area contributed by atoms with Crippen LogP contribution < -0.4 is 4.90 Å². The van der Waals surface area contributed by atoms with E-state index in [1.165, 1.54) is 4.90 Å². The van der Waals surface area contributed by atoms with Crippen molar-refractivity contribution in [1.29, 1.82) is 0 Å². The summed E-state index contributed by atoms with van der Waals surface area (Å²) < 4.78 is 0. The zero-order chi connectivity index (χ0) is 14.7. The highest BCUT2D eigenvalue weighted by atomic mass is 35.5. The Kier molecular flexibility index (Phi) is 4.89. The number of hydrogen-bond donors (Lipinski definition) is 0. The van der Waals surface area contributed by atoms with E-state index in [2.05, 4.69) is 4.99 Å². The maximum atomic E-state index is 12.2. The molecule has 0 aliphatic carbocycles. The number of aliphatic imine (C=N–C) groups is 1. The van der Waals surface area contributed by atoms with E-state index in [9.17, 15) is 4.79 Å². The number of piperidine rings is 1. The first-order chi connectivity index (χ1) is 9.49. The molecule has 0 spiro atoms. The van der Waals surface area contributed by atoms with Crippen molar-refractivity contribution in [2.45, 2.75) is 19.3 Å². The van der Waals surface area contributed by atoms with Gasteiger partial charge in [0, 0.05) is 32.1 Å². The number of nitrogens with zero attached hydrogens (tertiary/aromatic N) is 3. The minimum absolute atomic E-state index is 0.335. The molecule has 0 bridgehead atoms. The molecule has 0 saturated carbocycles. The van der Waals surface area contributed by atoms with Gasteiger partial charge in [-0.05, 0) is 31.0 Å². The second-order valence-electron chi connectivity index (χ2n) is 4.84. The highest BCUT2D eigenvalue weighted by Gasteiger charge is 2.18. The summed E-state index contributed by atoms with van der Waals surface area (Å²) in [6.07, 6.45) is 3.04. The van der Waals surface area contributed by atoms with Crippen molar-refractivity contribution in [2.24, 2.45) is 4.99 Å². The van der Waals surface area contributed by atoms with Gasteiger partial charge in [-0.1, -0.05) is 23.2 Å². The second-order valence-corrected chi connectivity index (χ2v) is 5.69. The van der Waals surface area contributed by atoms with Crippen molar-refractivity contribution in [1.82, 2.24) is 4.90 Å². The van der Waals surface area contributed by atoms with Crippen molar-refractivity contribution in [3.05, 3.63) is 28.2 Å². The van der Waals surface area contributed by atoms with E-state index in [4.69, 9.17) is 23.2 Å². The monoisotopic (exact) mass is 313 g/mol. The standard InChI is InChI=1S/C14H17Cl2N3O/c1-18-8-4-3-5-13(18)17-14(20)19(2)12-9-10(15)6-7-11(12)16/h6-7,9H,3-5,8H2,1-2H3/b17-13-. The number of urea groups is 1. The van der Waals surface area contributed by atoms with Gasteiger partial charge in [0.1, 0.15) is 5.84 Å². The number of halogens is 2. The number of benzene rings is 1. The molecule has 0 radical (unpaired) electrons. The molecule has 1 aliphatic heterocycles. The molecule has 0 N–H and O–H groups in total. The molecule has 0 atom stereocenters.